The van der Waals surface area contributed by atoms with Crippen LogP contribution in [-0.2, 0) is 19.9 Å². The largest absolute Gasteiger partial charge is 0.497 e. The summed E-state index contributed by atoms with van der Waals surface area (Å²) in [6.45, 7) is 0. The molecule has 7 nitrogen and oxygen atoms in total. The first-order chi connectivity index (χ1) is 9.23. The van der Waals surface area contributed by atoms with Crippen molar-refractivity contribution >= 4 is 19.9 Å². The minimum atomic E-state index is -3.88. The van der Waals surface area contributed by atoms with Gasteiger partial charge in [0.05, 0.1) is 35.7 Å². The van der Waals surface area contributed by atoms with E-state index in [1.807, 2.05) is 0 Å². The maximum Gasteiger partial charge on any atom is 0.240 e. The molecule has 1 heterocycles. The van der Waals surface area contributed by atoms with Crippen LogP contribution < -0.4 is 9.46 Å². The predicted octanol–water partition coefficient (Wildman–Crippen LogP) is -0.869. The molecule has 0 unspecified atom stereocenters. The number of sulfone groups is 1. The van der Waals surface area contributed by atoms with Gasteiger partial charge in [-0.2, -0.15) is 0 Å². The van der Waals surface area contributed by atoms with Crippen molar-refractivity contribution in [2.45, 2.75) is 17.0 Å². The van der Waals surface area contributed by atoms with E-state index in [-0.39, 0.29) is 4.90 Å². The van der Waals surface area contributed by atoms with E-state index in [9.17, 15) is 21.9 Å². The summed E-state index contributed by atoms with van der Waals surface area (Å²) in [6.07, 6.45) is -1.23. The molecule has 1 saturated heterocycles. The number of aliphatic hydroxyl groups is 1. The lowest BCUT2D eigenvalue weighted by Crippen LogP contribution is -2.42. The molecule has 1 fully saturated rings. The van der Waals surface area contributed by atoms with Gasteiger partial charge in [0, 0.05) is 0 Å². The van der Waals surface area contributed by atoms with Gasteiger partial charge in [-0.25, -0.2) is 21.6 Å². The molecule has 112 valence electrons. The number of hydrogen-bond donors (Lipinski definition) is 2. The van der Waals surface area contributed by atoms with Gasteiger partial charge in [0.2, 0.25) is 10.0 Å². The normalized spacial score (nSPS) is 25.5. The molecule has 0 aliphatic carbocycles. The molecule has 0 radical (unpaired) electrons. The van der Waals surface area contributed by atoms with E-state index in [1.165, 1.54) is 31.4 Å². The Morgan fingerprint density at radius 2 is 1.85 bits per heavy atom. The summed E-state index contributed by atoms with van der Waals surface area (Å²) in [4.78, 5) is -0.0187. The Bertz CT molecular complexity index is 680. The van der Waals surface area contributed by atoms with Gasteiger partial charge in [-0.15, -0.1) is 0 Å². The fourth-order valence-electron chi connectivity index (χ4n) is 1.96. The van der Waals surface area contributed by atoms with Gasteiger partial charge in [-0.1, -0.05) is 0 Å². The number of hydrogen-bond acceptors (Lipinski definition) is 6. The Morgan fingerprint density at radius 3 is 2.30 bits per heavy atom. The van der Waals surface area contributed by atoms with Crippen molar-refractivity contribution in [3.8, 4) is 5.75 Å². The summed E-state index contributed by atoms with van der Waals surface area (Å²) >= 11 is 0. The predicted molar refractivity (Wildman–Crippen MR) is 71.8 cm³/mol. The lowest BCUT2D eigenvalue weighted by molar-refractivity contribution is 0.176. The highest BCUT2D eigenvalue weighted by molar-refractivity contribution is 7.92. The van der Waals surface area contributed by atoms with Gasteiger partial charge in [0.1, 0.15) is 5.75 Å². The van der Waals surface area contributed by atoms with Gasteiger partial charge in [0.25, 0.3) is 0 Å². The van der Waals surface area contributed by atoms with E-state index in [4.69, 9.17) is 4.74 Å². The molecule has 0 aromatic heterocycles. The van der Waals surface area contributed by atoms with Crippen molar-refractivity contribution in [1.82, 2.24) is 4.72 Å². The van der Waals surface area contributed by atoms with Crippen molar-refractivity contribution in [1.29, 1.82) is 0 Å². The van der Waals surface area contributed by atoms with Gasteiger partial charge in [0.15, 0.2) is 9.84 Å². The van der Waals surface area contributed by atoms with Crippen LogP contribution in [-0.4, -0.2) is 52.7 Å². The Morgan fingerprint density at radius 1 is 1.25 bits per heavy atom. The zero-order valence-electron chi connectivity index (χ0n) is 10.7. The lowest BCUT2D eigenvalue weighted by atomic mass is 10.2. The smallest absolute Gasteiger partial charge is 0.240 e. The molecule has 0 amide bonds. The van der Waals surface area contributed by atoms with Crippen molar-refractivity contribution in [3.05, 3.63) is 24.3 Å². The fourth-order valence-corrected chi connectivity index (χ4v) is 5.08. The first kappa shape index (κ1) is 15.2. The minimum Gasteiger partial charge on any atom is -0.497 e. The van der Waals surface area contributed by atoms with Gasteiger partial charge in [-0.05, 0) is 24.3 Å². The molecule has 2 atom stereocenters. The van der Waals surface area contributed by atoms with E-state index < -0.39 is 43.5 Å². The van der Waals surface area contributed by atoms with Gasteiger partial charge in [-0.3, -0.25) is 0 Å². The third-order valence-electron chi connectivity index (χ3n) is 3.00. The highest BCUT2D eigenvalue weighted by Gasteiger charge is 2.38. The molecule has 0 bridgehead atoms. The summed E-state index contributed by atoms with van der Waals surface area (Å²) in [6, 6.07) is 4.63. The van der Waals surface area contributed by atoms with Crippen molar-refractivity contribution < 1.29 is 26.7 Å². The minimum absolute atomic E-state index is 0.0187. The topological polar surface area (TPSA) is 110 Å². The maximum atomic E-state index is 12.1. The van der Waals surface area contributed by atoms with E-state index in [0.717, 1.165) is 0 Å². The summed E-state index contributed by atoms with van der Waals surface area (Å²) in [7, 11) is -5.83. The Hall–Kier alpha value is -1.16. The van der Waals surface area contributed by atoms with Crippen LogP contribution in [0.4, 0.5) is 0 Å². The monoisotopic (exact) mass is 321 g/mol. The summed E-state index contributed by atoms with van der Waals surface area (Å²) < 4.78 is 54.0. The van der Waals surface area contributed by atoms with Crippen LogP contribution in [0.3, 0.4) is 0 Å². The molecule has 1 aliphatic rings. The SMILES string of the molecule is COc1ccc(S(=O)(=O)N[C@@H]2CS(=O)(=O)C[C@@H]2O)cc1. The van der Waals surface area contributed by atoms with E-state index >= 15 is 0 Å². The van der Waals surface area contributed by atoms with E-state index in [2.05, 4.69) is 4.72 Å². The molecular formula is C11H15NO6S2. The average Bonchev–Trinajstić information content (AvgIpc) is 2.61. The third kappa shape index (κ3) is 3.29. The van der Waals surface area contributed by atoms with Gasteiger partial charge < -0.3 is 9.84 Å². The van der Waals surface area contributed by atoms with Crippen LogP contribution in [0.15, 0.2) is 29.2 Å². The van der Waals surface area contributed by atoms with Crippen LogP contribution in [0.5, 0.6) is 5.75 Å². The number of methoxy groups -OCH3 is 1. The van der Waals surface area contributed by atoms with Crippen molar-refractivity contribution in [2.24, 2.45) is 0 Å². The molecule has 1 aromatic rings. The number of aliphatic hydroxyl groups excluding tert-OH is 1. The van der Waals surface area contributed by atoms with Crippen LogP contribution >= 0.6 is 0 Å². The molecule has 1 aromatic carbocycles. The highest BCUT2D eigenvalue weighted by Crippen LogP contribution is 2.18. The molecule has 2 rings (SSSR count). The number of sulfonamides is 1. The first-order valence-electron chi connectivity index (χ1n) is 5.78. The maximum absolute atomic E-state index is 12.1. The Balaban J connectivity index is 2.19. The first-order valence-corrected chi connectivity index (χ1v) is 9.09. The fraction of sp³-hybridized carbons (Fsp3) is 0.455. The lowest BCUT2D eigenvalue weighted by Gasteiger charge is -2.15. The second-order valence-electron chi connectivity index (χ2n) is 4.55. The molecule has 2 N–H and O–H groups in total. The molecule has 9 heteroatoms. The van der Waals surface area contributed by atoms with Gasteiger partial charge >= 0.3 is 0 Å². The number of rotatable bonds is 4. The summed E-state index contributed by atoms with van der Waals surface area (Å²) in [5.41, 5.74) is 0. The quantitative estimate of drug-likeness (QED) is 0.746. The number of benzene rings is 1. The van der Waals surface area contributed by atoms with Crippen LogP contribution in [0, 0.1) is 0 Å². The van der Waals surface area contributed by atoms with Crippen LogP contribution in [0.2, 0.25) is 0 Å². The van der Waals surface area contributed by atoms with Crippen molar-refractivity contribution in [3.63, 3.8) is 0 Å². The second kappa shape index (κ2) is 5.32. The standard InChI is InChI=1S/C11H15NO6S2/c1-18-8-2-4-9(5-3-8)20(16,17)12-10-6-19(14,15)7-11(10)13/h2-5,10-13H,6-7H2,1H3/t10-,11+/m1/s1. The Kier molecular flexibility index (Phi) is 4.05. The number of ether oxygens (including phenoxy) is 1. The zero-order valence-corrected chi connectivity index (χ0v) is 12.3. The Labute approximate surface area is 117 Å². The molecular weight excluding hydrogens is 306 g/mol. The highest BCUT2D eigenvalue weighted by atomic mass is 32.2. The van der Waals surface area contributed by atoms with Crippen molar-refractivity contribution in [2.75, 3.05) is 18.6 Å². The van der Waals surface area contributed by atoms with Crippen LogP contribution in [0.25, 0.3) is 0 Å². The average molecular weight is 321 g/mol. The third-order valence-corrected chi connectivity index (χ3v) is 6.22. The van der Waals surface area contributed by atoms with E-state index in [1.54, 1.807) is 0 Å². The summed E-state index contributed by atoms with van der Waals surface area (Å²) in [5, 5.41) is 9.59. The second-order valence-corrected chi connectivity index (χ2v) is 8.42. The number of nitrogens with one attached hydrogen (secondary N) is 1. The zero-order chi connectivity index (χ0) is 15.0. The summed E-state index contributed by atoms with van der Waals surface area (Å²) in [5.74, 6) is -0.320. The molecule has 1 aliphatic heterocycles. The molecule has 0 saturated carbocycles. The molecule has 20 heavy (non-hydrogen) atoms. The molecule has 0 spiro atoms. The van der Waals surface area contributed by atoms with Crippen LogP contribution in [0.1, 0.15) is 0 Å². The van der Waals surface area contributed by atoms with E-state index in [0.29, 0.717) is 5.75 Å².